The highest BCUT2D eigenvalue weighted by Gasteiger charge is 1.95. The van der Waals surface area contributed by atoms with Crippen molar-refractivity contribution in [2.24, 2.45) is 0 Å². The maximum Gasteiger partial charge on any atom is -0.0169 e. The lowest BCUT2D eigenvalue weighted by Crippen LogP contribution is -1.84. The van der Waals surface area contributed by atoms with E-state index in [0.717, 1.165) is 6.42 Å². The average molecular weight is 433 g/mol. The van der Waals surface area contributed by atoms with Crippen LogP contribution in [0.3, 0.4) is 0 Å². The van der Waals surface area contributed by atoms with E-state index in [9.17, 15) is 0 Å². The number of unbranched alkanes of at least 4 members (excludes halogenated alkanes) is 22. The molecule has 0 atom stereocenters. The predicted molar refractivity (Wildman–Crippen MR) is 145 cm³/mol. The van der Waals surface area contributed by atoms with E-state index >= 15 is 0 Å². The Morgan fingerprint density at radius 3 is 0.903 bits per heavy atom. The molecular weight excluding hydrogens is 372 g/mol. The van der Waals surface area contributed by atoms with Crippen LogP contribution in [-0.4, -0.2) is 0 Å². The molecule has 0 heteroatoms. The minimum Gasteiger partial charge on any atom is -0.0882 e. The quantitative estimate of drug-likeness (QED) is 0.0941. The summed E-state index contributed by atoms with van der Waals surface area (Å²) in [5.41, 5.74) is 0. The van der Waals surface area contributed by atoms with E-state index in [1.165, 1.54) is 154 Å². The average Bonchev–Trinajstić information content (AvgIpc) is 2.78. The van der Waals surface area contributed by atoms with Crippen molar-refractivity contribution in [1.82, 2.24) is 0 Å². The maximum atomic E-state index is 2.39. The van der Waals surface area contributed by atoms with Crippen molar-refractivity contribution in [2.45, 2.75) is 174 Å². The topological polar surface area (TPSA) is 0 Å². The Morgan fingerprint density at radius 1 is 0.290 bits per heavy atom. The Morgan fingerprint density at radius 2 is 0.548 bits per heavy atom. The lowest BCUT2D eigenvalue weighted by Gasteiger charge is -2.03. The molecule has 0 aromatic carbocycles. The van der Waals surface area contributed by atoms with Crippen molar-refractivity contribution in [3.8, 4) is 0 Å². The first kappa shape index (κ1) is 30.5. The summed E-state index contributed by atoms with van der Waals surface area (Å²) in [6, 6.07) is 0. The second-order valence-electron chi connectivity index (χ2n) is 9.83. The van der Waals surface area contributed by atoms with Crippen molar-refractivity contribution in [3.63, 3.8) is 0 Å². The van der Waals surface area contributed by atoms with Gasteiger partial charge in [0.1, 0.15) is 0 Å². The minimum atomic E-state index is 1.13. The number of rotatable bonds is 26. The SMILES string of the molecule is CCCCCC=CCC=CCCCCCCCCCCCCCCCCCCCCC. The highest BCUT2D eigenvalue weighted by Crippen LogP contribution is 2.15. The third kappa shape index (κ3) is 29.5. The fourth-order valence-corrected chi connectivity index (χ4v) is 4.36. The smallest absolute Gasteiger partial charge is 0.0169 e. The molecule has 0 spiro atoms. The lowest BCUT2D eigenvalue weighted by molar-refractivity contribution is 0.523. The zero-order valence-electron chi connectivity index (χ0n) is 22.0. The van der Waals surface area contributed by atoms with Crippen molar-refractivity contribution in [2.75, 3.05) is 0 Å². The normalized spacial score (nSPS) is 11.9. The third-order valence-electron chi connectivity index (χ3n) is 6.55. The second-order valence-corrected chi connectivity index (χ2v) is 9.83. The fraction of sp³-hybridized carbons (Fsp3) is 0.871. The molecule has 0 aromatic heterocycles. The summed E-state index contributed by atoms with van der Waals surface area (Å²) in [5, 5.41) is 0. The predicted octanol–water partition coefficient (Wildman–Crippen LogP) is 11.9. The van der Waals surface area contributed by atoms with Crippen molar-refractivity contribution in [1.29, 1.82) is 0 Å². The summed E-state index contributed by atoms with van der Waals surface area (Å²) in [4.78, 5) is 0. The van der Waals surface area contributed by atoms with Gasteiger partial charge in [-0.2, -0.15) is 0 Å². The van der Waals surface area contributed by atoms with E-state index in [2.05, 4.69) is 38.2 Å². The van der Waals surface area contributed by atoms with Crippen LogP contribution in [0.15, 0.2) is 24.3 Å². The molecule has 184 valence electrons. The molecule has 0 fully saturated rings. The molecule has 0 saturated heterocycles. The first-order chi connectivity index (χ1) is 15.4. The Balaban J connectivity index is 3.08. The Labute approximate surface area is 198 Å². The van der Waals surface area contributed by atoms with Gasteiger partial charge in [-0.15, -0.1) is 0 Å². The monoisotopic (exact) mass is 432 g/mol. The first-order valence-electron chi connectivity index (χ1n) is 14.7. The largest absolute Gasteiger partial charge is 0.0882 e. The van der Waals surface area contributed by atoms with Crippen LogP contribution >= 0.6 is 0 Å². The molecule has 0 unspecified atom stereocenters. The zero-order valence-corrected chi connectivity index (χ0v) is 22.0. The van der Waals surface area contributed by atoms with Gasteiger partial charge >= 0.3 is 0 Å². The summed E-state index contributed by atoms with van der Waals surface area (Å²) in [5.74, 6) is 0. The van der Waals surface area contributed by atoms with Crippen LogP contribution in [0, 0.1) is 0 Å². The molecule has 0 aliphatic heterocycles. The van der Waals surface area contributed by atoms with E-state index in [-0.39, 0.29) is 0 Å². The van der Waals surface area contributed by atoms with Gasteiger partial charge in [0.25, 0.3) is 0 Å². The van der Waals surface area contributed by atoms with Gasteiger partial charge in [0, 0.05) is 0 Å². The first-order valence-corrected chi connectivity index (χ1v) is 14.7. The fourth-order valence-electron chi connectivity index (χ4n) is 4.36. The van der Waals surface area contributed by atoms with Gasteiger partial charge in [0.05, 0.1) is 0 Å². The van der Waals surface area contributed by atoms with Crippen molar-refractivity contribution in [3.05, 3.63) is 24.3 Å². The second kappa shape index (κ2) is 29.5. The molecule has 0 aliphatic rings. The standard InChI is InChI=1S/C31H60/c1-3-5-7-9-11-13-15-17-19-21-23-25-27-29-31-30-28-26-24-22-20-18-16-14-12-10-8-6-4-2/h11,13,17,19H,3-10,12,14-16,18,20-31H2,1-2H3. The molecule has 0 radical (unpaired) electrons. The van der Waals surface area contributed by atoms with Crippen LogP contribution in [0.2, 0.25) is 0 Å². The molecule has 0 bridgehead atoms. The molecule has 0 amide bonds. The van der Waals surface area contributed by atoms with Crippen LogP contribution in [0.5, 0.6) is 0 Å². The van der Waals surface area contributed by atoms with E-state index in [0.29, 0.717) is 0 Å². The van der Waals surface area contributed by atoms with Gasteiger partial charge < -0.3 is 0 Å². The van der Waals surface area contributed by atoms with Gasteiger partial charge in [-0.1, -0.05) is 167 Å². The van der Waals surface area contributed by atoms with Crippen LogP contribution in [0.4, 0.5) is 0 Å². The number of hydrogen-bond donors (Lipinski definition) is 0. The van der Waals surface area contributed by atoms with Gasteiger partial charge in [0.15, 0.2) is 0 Å². The van der Waals surface area contributed by atoms with Crippen molar-refractivity contribution < 1.29 is 0 Å². The Hall–Kier alpha value is -0.520. The molecule has 0 nitrogen and oxygen atoms in total. The summed E-state index contributed by atoms with van der Waals surface area (Å²) < 4.78 is 0. The van der Waals surface area contributed by atoms with E-state index in [4.69, 9.17) is 0 Å². The van der Waals surface area contributed by atoms with Gasteiger partial charge in [-0.25, -0.2) is 0 Å². The molecule has 0 aliphatic carbocycles. The van der Waals surface area contributed by atoms with Crippen molar-refractivity contribution >= 4 is 0 Å². The van der Waals surface area contributed by atoms with Gasteiger partial charge in [-0.3, -0.25) is 0 Å². The minimum absolute atomic E-state index is 1.13. The molecule has 31 heavy (non-hydrogen) atoms. The molecule has 0 N–H and O–H groups in total. The molecule has 0 saturated carbocycles. The van der Waals surface area contributed by atoms with Crippen LogP contribution in [0.1, 0.15) is 174 Å². The van der Waals surface area contributed by atoms with Crippen LogP contribution < -0.4 is 0 Å². The molecule has 0 rings (SSSR count). The van der Waals surface area contributed by atoms with Crippen LogP contribution in [-0.2, 0) is 0 Å². The molecule has 0 heterocycles. The number of allylic oxidation sites excluding steroid dienone is 4. The van der Waals surface area contributed by atoms with E-state index in [1.54, 1.807) is 0 Å². The van der Waals surface area contributed by atoms with Crippen LogP contribution in [0.25, 0.3) is 0 Å². The summed E-state index contributed by atoms with van der Waals surface area (Å²) in [6.07, 6.45) is 44.9. The van der Waals surface area contributed by atoms with Gasteiger partial charge in [0.2, 0.25) is 0 Å². The highest BCUT2D eigenvalue weighted by atomic mass is 14.0. The number of hydrogen-bond acceptors (Lipinski definition) is 0. The Bertz CT molecular complexity index is 351. The third-order valence-corrected chi connectivity index (χ3v) is 6.55. The summed E-state index contributed by atoms with van der Waals surface area (Å²) in [6.45, 7) is 4.57. The Kier molecular flexibility index (Phi) is 29.0. The highest BCUT2D eigenvalue weighted by molar-refractivity contribution is 4.92. The summed E-state index contributed by atoms with van der Waals surface area (Å²) in [7, 11) is 0. The van der Waals surface area contributed by atoms with Gasteiger partial charge in [-0.05, 0) is 32.1 Å². The van der Waals surface area contributed by atoms with E-state index in [1.807, 2.05) is 0 Å². The van der Waals surface area contributed by atoms with E-state index < -0.39 is 0 Å². The molecular formula is C31H60. The molecule has 0 aromatic rings. The lowest BCUT2D eigenvalue weighted by atomic mass is 10.0. The maximum absolute atomic E-state index is 2.39. The zero-order chi connectivity index (χ0) is 22.5. The summed E-state index contributed by atoms with van der Waals surface area (Å²) >= 11 is 0.